The molecule has 2 aliphatic heterocycles. The van der Waals surface area contributed by atoms with Crippen LogP contribution < -0.4 is 10.2 Å². The van der Waals surface area contributed by atoms with Crippen molar-refractivity contribution in [1.29, 1.82) is 0 Å². The van der Waals surface area contributed by atoms with E-state index in [0.29, 0.717) is 5.92 Å². The summed E-state index contributed by atoms with van der Waals surface area (Å²) in [5, 5.41) is 3.52. The first kappa shape index (κ1) is 12.7. The Hall–Kier alpha value is -2.03. The van der Waals surface area contributed by atoms with E-state index in [-0.39, 0.29) is 5.82 Å². The van der Waals surface area contributed by atoms with Gasteiger partial charge in [-0.05, 0) is 48.1 Å². The molecule has 0 radical (unpaired) electrons. The van der Waals surface area contributed by atoms with Gasteiger partial charge in [-0.15, -0.1) is 0 Å². The van der Waals surface area contributed by atoms with Crippen LogP contribution in [0, 0.1) is 11.7 Å². The zero-order valence-electron chi connectivity index (χ0n) is 12.0. The molecule has 0 spiro atoms. The summed E-state index contributed by atoms with van der Waals surface area (Å²) in [6, 6.07) is 13.7. The molecule has 21 heavy (non-hydrogen) atoms. The Bertz CT molecular complexity index is 668. The number of para-hydroxylation sites is 1. The quantitative estimate of drug-likeness (QED) is 0.907. The van der Waals surface area contributed by atoms with E-state index in [9.17, 15) is 4.39 Å². The third kappa shape index (κ3) is 2.37. The summed E-state index contributed by atoms with van der Waals surface area (Å²) in [4.78, 5) is 2.35. The molecule has 0 bridgehead atoms. The molecular formula is C18H19FN2. The summed E-state index contributed by atoms with van der Waals surface area (Å²) >= 11 is 0. The molecule has 2 aromatic rings. The summed E-state index contributed by atoms with van der Waals surface area (Å²) in [5.41, 5.74) is 5.03. The number of nitrogens with one attached hydrogen (secondary N) is 1. The van der Waals surface area contributed by atoms with Crippen molar-refractivity contribution in [2.24, 2.45) is 5.92 Å². The molecule has 0 fully saturated rings. The van der Waals surface area contributed by atoms with Crippen LogP contribution in [0.2, 0.25) is 0 Å². The number of hydrogen-bond acceptors (Lipinski definition) is 2. The molecule has 0 amide bonds. The minimum absolute atomic E-state index is 0.132. The highest BCUT2D eigenvalue weighted by Gasteiger charge is 2.25. The maximum atomic E-state index is 13.5. The Kier molecular flexibility index (Phi) is 3.06. The number of benzene rings is 2. The first-order chi connectivity index (χ1) is 10.3. The summed E-state index contributed by atoms with van der Waals surface area (Å²) in [7, 11) is 0. The summed E-state index contributed by atoms with van der Waals surface area (Å²) in [6.07, 6.45) is 2.14. The summed E-state index contributed by atoms with van der Waals surface area (Å²) < 4.78 is 13.5. The van der Waals surface area contributed by atoms with Gasteiger partial charge in [0.2, 0.25) is 0 Å². The van der Waals surface area contributed by atoms with Crippen LogP contribution in [0.5, 0.6) is 0 Å². The Balaban J connectivity index is 1.51. The number of anilines is 2. The van der Waals surface area contributed by atoms with E-state index < -0.39 is 0 Å². The number of halogens is 1. The Morgan fingerprint density at radius 2 is 2.05 bits per heavy atom. The van der Waals surface area contributed by atoms with Crippen LogP contribution in [0.1, 0.15) is 11.1 Å². The minimum Gasteiger partial charge on any atom is -0.384 e. The molecule has 2 nitrogen and oxygen atoms in total. The summed E-state index contributed by atoms with van der Waals surface area (Å²) in [5.74, 6) is 0.446. The van der Waals surface area contributed by atoms with Gasteiger partial charge in [-0.2, -0.15) is 0 Å². The van der Waals surface area contributed by atoms with Crippen LogP contribution in [0.3, 0.4) is 0 Å². The molecular weight excluding hydrogens is 263 g/mol. The van der Waals surface area contributed by atoms with E-state index in [1.54, 1.807) is 12.1 Å². The first-order valence-electron chi connectivity index (χ1n) is 7.65. The largest absolute Gasteiger partial charge is 0.384 e. The molecule has 2 aromatic carbocycles. The zero-order chi connectivity index (χ0) is 14.2. The molecule has 0 saturated heterocycles. The van der Waals surface area contributed by atoms with Gasteiger partial charge in [0, 0.05) is 31.0 Å². The second-order valence-electron chi connectivity index (χ2n) is 6.08. The number of nitrogens with zero attached hydrogens (tertiary/aromatic N) is 1. The van der Waals surface area contributed by atoms with Crippen molar-refractivity contribution in [3.8, 4) is 0 Å². The molecule has 1 unspecified atom stereocenters. The van der Waals surface area contributed by atoms with Gasteiger partial charge in [-0.1, -0.05) is 24.3 Å². The fourth-order valence-electron chi connectivity index (χ4n) is 3.56. The lowest BCUT2D eigenvalue weighted by Gasteiger charge is -2.30. The van der Waals surface area contributed by atoms with E-state index >= 15 is 0 Å². The summed E-state index contributed by atoms with van der Waals surface area (Å²) in [6.45, 7) is 3.01. The number of rotatable bonds is 2. The third-order valence-corrected chi connectivity index (χ3v) is 4.62. The van der Waals surface area contributed by atoms with E-state index in [0.717, 1.165) is 38.2 Å². The molecule has 2 aliphatic rings. The first-order valence-corrected chi connectivity index (χ1v) is 7.65. The van der Waals surface area contributed by atoms with E-state index in [1.165, 1.54) is 16.8 Å². The van der Waals surface area contributed by atoms with Crippen LogP contribution in [-0.2, 0) is 12.8 Å². The molecule has 0 saturated carbocycles. The topological polar surface area (TPSA) is 15.3 Å². The number of hydrogen-bond donors (Lipinski definition) is 1. The van der Waals surface area contributed by atoms with Crippen molar-refractivity contribution < 1.29 is 4.39 Å². The molecule has 3 heteroatoms. The molecule has 1 N–H and O–H groups in total. The van der Waals surface area contributed by atoms with E-state index in [4.69, 9.17) is 0 Å². The highest BCUT2D eigenvalue weighted by Crippen LogP contribution is 2.31. The monoisotopic (exact) mass is 282 g/mol. The van der Waals surface area contributed by atoms with Crippen molar-refractivity contribution in [2.75, 3.05) is 29.9 Å². The predicted octanol–water partition coefficient (Wildman–Crippen LogP) is 3.47. The van der Waals surface area contributed by atoms with Crippen molar-refractivity contribution >= 4 is 11.4 Å². The lowest BCUT2D eigenvalue weighted by Crippen LogP contribution is -2.35. The van der Waals surface area contributed by atoms with Crippen LogP contribution in [0.4, 0.5) is 15.8 Å². The predicted molar refractivity (Wildman–Crippen MR) is 84.4 cm³/mol. The van der Waals surface area contributed by atoms with Gasteiger partial charge >= 0.3 is 0 Å². The molecule has 2 heterocycles. The Morgan fingerprint density at radius 3 is 3.00 bits per heavy atom. The molecule has 0 aromatic heterocycles. The van der Waals surface area contributed by atoms with Gasteiger partial charge in [-0.25, -0.2) is 4.39 Å². The van der Waals surface area contributed by atoms with Crippen LogP contribution in [0.15, 0.2) is 42.5 Å². The van der Waals surface area contributed by atoms with Crippen LogP contribution in [0.25, 0.3) is 0 Å². The average Bonchev–Trinajstić information content (AvgIpc) is 2.89. The Morgan fingerprint density at radius 1 is 1.14 bits per heavy atom. The van der Waals surface area contributed by atoms with Gasteiger partial charge in [0.15, 0.2) is 0 Å². The smallest absolute Gasteiger partial charge is 0.125 e. The maximum Gasteiger partial charge on any atom is 0.125 e. The maximum absolute atomic E-state index is 13.5. The Labute approximate surface area is 124 Å². The molecule has 108 valence electrons. The second-order valence-corrected chi connectivity index (χ2v) is 6.08. The van der Waals surface area contributed by atoms with Crippen molar-refractivity contribution in [2.45, 2.75) is 12.8 Å². The average molecular weight is 282 g/mol. The van der Waals surface area contributed by atoms with Crippen molar-refractivity contribution in [3.63, 3.8) is 0 Å². The van der Waals surface area contributed by atoms with E-state index in [2.05, 4.69) is 34.5 Å². The van der Waals surface area contributed by atoms with Gasteiger partial charge in [0.25, 0.3) is 0 Å². The van der Waals surface area contributed by atoms with Gasteiger partial charge < -0.3 is 10.2 Å². The van der Waals surface area contributed by atoms with Gasteiger partial charge in [0.05, 0.1) is 0 Å². The highest BCUT2D eigenvalue weighted by atomic mass is 19.1. The fourth-order valence-corrected chi connectivity index (χ4v) is 3.56. The van der Waals surface area contributed by atoms with Gasteiger partial charge in [-0.3, -0.25) is 0 Å². The minimum atomic E-state index is -0.132. The van der Waals surface area contributed by atoms with Crippen molar-refractivity contribution in [1.82, 2.24) is 0 Å². The van der Waals surface area contributed by atoms with Crippen LogP contribution in [-0.4, -0.2) is 19.6 Å². The zero-order valence-corrected chi connectivity index (χ0v) is 12.0. The van der Waals surface area contributed by atoms with Crippen LogP contribution >= 0.6 is 0 Å². The second kappa shape index (κ2) is 5.06. The van der Waals surface area contributed by atoms with Crippen molar-refractivity contribution in [3.05, 3.63) is 59.4 Å². The lowest BCUT2D eigenvalue weighted by atomic mass is 9.93. The number of fused-ring (bicyclic) bond motifs is 2. The fraction of sp³-hybridized carbons (Fsp3) is 0.333. The molecule has 1 atom stereocenters. The third-order valence-electron chi connectivity index (χ3n) is 4.62. The van der Waals surface area contributed by atoms with Gasteiger partial charge in [0.1, 0.15) is 5.82 Å². The molecule has 0 aliphatic carbocycles. The standard InChI is InChI=1S/C18H19FN2/c19-16-6-5-14-7-8-21(18(14)10-16)12-13-9-15-3-1-2-4-17(15)20-11-13/h1-6,10,13,20H,7-9,11-12H2. The van der Waals surface area contributed by atoms with E-state index in [1.807, 2.05) is 6.07 Å². The highest BCUT2D eigenvalue weighted by molar-refractivity contribution is 5.59. The lowest BCUT2D eigenvalue weighted by molar-refractivity contribution is 0.528. The molecule has 4 rings (SSSR count). The normalized spacial score (nSPS) is 19.9. The SMILES string of the molecule is Fc1ccc2c(c1)N(CC1CNc3ccccc3C1)CC2.